The molecule has 3 rings (SSSR count). The number of phenolic OH excluding ortho intramolecular Hbond substituents is 1. The van der Waals surface area contributed by atoms with E-state index in [-0.39, 0.29) is 39.2 Å². The van der Waals surface area contributed by atoms with Gasteiger partial charge in [0, 0.05) is 11.8 Å². The van der Waals surface area contributed by atoms with Crippen molar-refractivity contribution >= 4 is 51.2 Å². The van der Waals surface area contributed by atoms with Gasteiger partial charge in [0.1, 0.15) is 17.8 Å². The number of amides is 1. The lowest BCUT2D eigenvalue weighted by atomic mass is 10.2. The normalized spacial score (nSPS) is 12.2. The van der Waals surface area contributed by atoms with Crippen LogP contribution in [0.15, 0.2) is 65.6 Å². The molecule has 0 aromatic heterocycles. The van der Waals surface area contributed by atoms with Gasteiger partial charge >= 0.3 is 6.18 Å². The van der Waals surface area contributed by atoms with Crippen molar-refractivity contribution in [3.63, 3.8) is 0 Å². The molecule has 0 saturated heterocycles. The first-order valence-corrected chi connectivity index (χ1v) is 12.6. The van der Waals surface area contributed by atoms with Crippen molar-refractivity contribution < 1.29 is 36.3 Å². The summed E-state index contributed by atoms with van der Waals surface area (Å²) < 4.78 is 64.2. The number of hydrogen-bond donors (Lipinski definition) is 3. The fourth-order valence-electron chi connectivity index (χ4n) is 3.37. The molecule has 0 spiro atoms. The largest absolute Gasteiger partial charge is 0.506 e. The molecular formula is C25H24ClF3N2O5S. The van der Waals surface area contributed by atoms with Crippen LogP contribution in [0, 0.1) is 6.92 Å². The van der Waals surface area contributed by atoms with Crippen molar-refractivity contribution in [1.29, 1.82) is 0 Å². The number of benzene rings is 3. The Bertz CT molecular complexity index is 1360. The van der Waals surface area contributed by atoms with E-state index in [9.17, 15) is 31.5 Å². The van der Waals surface area contributed by atoms with Crippen molar-refractivity contribution in [2.24, 2.45) is 0 Å². The Labute approximate surface area is 217 Å². The van der Waals surface area contributed by atoms with E-state index in [0.717, 1.165) is 23.8 Å². The van der Waals surface area contributed by atoms with Crippen molar-refractivity contribution in [3.8, 4) is 5.75 Å². The molecule has 198 valence electrons. The Hall–Kier alpha value is -3.57. The van der Waals surface area contributed by atoms with Crippen LogP contribution in [0.3, 0.4) is 0 Å². The van der Waals surface area contributed by atoms with Crippen LogP contribution in [-0.4, -0.2) is 31.5 Å². The molecule has 3 aromatic rings. The fraction of sp³-hybridized carbons (Fsp3) is 0.200. The van der Waals surface area contributed by atoms with Crippen molar-refractivity contribution in [2.45, 2.75) is 36.6 Å². The molecule has 0 aliphatic rings. The summed E-state index contributed by atoms with van der Waals surface area (Å²) in [5.41, 5.74) is 0.216. The lowest BCUT2D eigenvalue weighted by Crippen LogP contribution is -2.34. The third kappa shape index (κ3) is 7.23. The molecule has 1 unspecified atom stereocenters. The molecule has 0 bridgehead atoms. The Kier molecular flexibility index (Phi) is 9.71. The third-order valence-electron chi connectivity index (χ3n) is 5.19. The molecule has 37 heavy (non-hydrogen) atoms. The average molecular weight is 557 g/mol. The Morgan fingerprint density at radius 1 is 1.05 bits per heavy atom. The predicted octanol–water partition coefficient (Wildman–Crippen LogP) is 6.12. The maximum absolute atomic E-state index is 13.0. The number of carbonyl (C=O) groups excluding carboxylic acids is 2. The van der Waals surface area contributed by atoms with E-state index in [4.69, 9.17) is 16.4 Å². The van der Waals surface area contributed by atoms with E-state index in [0.29, 0.717) is 0 Å². The number of sulfone groups is 1. The molecule has 7 nitrogen and oxygen atoms in total. The third-order valence-corrected chi connectivity index (χ3v) is 7.71. The number of carbonyl (C=O) groups is 2. The van der Waals surface area contributed by atoms with Crippen LogP contribution < -0.4 is 10.6 Å². The van der Waals surface area contributed by atoms with Crippen LogP contribution in [0.1, 0.15) is 24.5 Å². The van der Waals surface area contributed by atoms with E-state index >= 15 is 0 Å². The number of aromatic hydroxyl groups is 1. The first kappa shape index (κ1) is 29.7. The smallest absolute Gasteiger partial charge is 0.416 e. The van der Waals surface area contributed by atoms with Gasteiger partial charge in [-0.05, 0) is 61.4 Å². The van der Waals surface area contributed by atoms with Gasteiger partial charge in [0.15, 0.2) is 9.84 Å². The van der Waals surface area contributed by atoms with E-state index in [1.54, 1.807) is 26.0 Å². The summed E-state index contributed by atoms with van der Waals surface area (Å²) in [4.78, 5) is 20.9. The quantitative estimate of drug-likeness (QED) is 0.302. The predicted molar refractivity (Wildman–Crippen MR) is 136 cm³/mol. The highest BCUT2D eigenvalue weighted by Crippen LogP contribution is 2.37. The second kappa shape index (κ2) is 12.1. The summed E-state index contributed by atoms with van der Waals surface area (Å²) in [6, 6.07) is 12.8. The van der Waals surface area contributed by atoms with Crippen LogP contribution in [0.25, 0.3) is 0 Å². The number of rotatable bonds is 7. The van der Waals surface area contributed by atoms with E-state index in [1.807, 2.05) is 6.79 Å². The van der Waals surface area contributed by atoms with Crippen molar-refractivity contribution in [3.05, 3.63) is 76.8 Å². The molecule has 1 atom stereocenters. The summed E-state index contributed by atoms with van der Waals surface area (Å²) in [7, 11) is -3.99. The maximum Gasteiger partial charge on any atom is 0.416 e. The van der Waals surface area contributed by atoms with Crippen molar-refractivity contribution in [2.75, 3.05) is 10.6 Å². The minimum Gasteiger partial charge on any atom is -0.506 e. The summed E-state index contributed by atoms with van der Waals surface area (Å²) >= 11 is 6.23. The fourth-order valence-corrected chi connectivity index (χ4v) is 5.31. The van der Waals surface area contributed by atoms with Crippen LogP contribution in [0.5, 0.6) is 5.75 Å². The van der Waals surface area contributed by atoms with Gasteiger partial charge in [0.2, 0.25) is 5.91 Å². The summed E-state index contributed by atoms with van der Waals surface area (Å²) in [6.45, 7) is 5.30. The lowest BCUT2D eigenvalue weighted by Gasteiger charge is -2.18. The van der Waals surface area contributed by atoms with Gasteiger partial charge in [-0.25, -0.2) is 8.42 Å². The van der Waals surface area contributed by atoms with Gasteiger partial charge in [-0.1, -0.05) is 30.7 Å². The van der Waals surface area contributed by atoms with Gasteiger partial charge in [-0.15, -0.1) is 0 Å². The van der Waals surface area contributed by atoms with Gasteiger partial charge in [-0.3, -0.25) is 4.79 Å². The highest BCUT2D eigenvalue weighted by molar-refractivity contribution is 7.92. The zero-order chi connectivity index (χ0) is 28.0. The Morgan fingerprint density at radius 3 is 2.22 bits per heavy atom. The number of anilines is 3. The van der Waals surface area contributed by atoms with Crippen molar-refractivity contribution in [1.82, 2.24) is 0 Å². The van der Waals surface area contributed by atoms with E-state index < -0.39 is 32.7 Å². The number of nitrogens with one attached hydrogen (secondary N) is 2. The maximum atomic E-state index is 13.0. The number of aryl methyl sites for hydroxylation is 1. The Balaban J connectivity index is 0.00000235. The minimum absolute atomic E-state index is 0.000724. The van der Waals surface area contributed by atoms with E-state index in [1.165, 1.54) is 30.3 Å². The molecule has 0 saturated carbocycles. The highest BCUT2D eigenvalue weighted by atomic mass is 35.5. The average Bonchev–Trinajstić information content (AvgIpc) is 2.83. The molecule has 0 fully saturated rings. The number of hydrogen-bond acceptors (Lipinski definition) is 6. The van der Waals surface area contributed by atoms with Crippen LogP contribution >= 0.6 is 11.6 Å². The molecule has 0 radical (unpaired) electrons. The molecule has 3 N–H and O–H groups in total. The Morgan fingerprint density at radius 2 is 1.68 bits per heavy atom. The molecule has 12 heteroatoms. The van der Waals surface area contributed by atoms with Gasteiger partial charge in [0.05, 0.1) is 26.9 Å². The monoisotopic (exact) mass is 556 g/mol. The summed E-state index contributed by atoms with van der Waals surface area (Å²) in [6.07, 6.45) is -4.48. The van der Waals surface area contributed by atoms with Gasteiger partial charge in [0.25, 0.3) is 0 Å². The van der Waals surface area contributed by atoms with Crippen LogP contribution in [-0.2, 0) is 25.6 Å². The highest BCUT2D eigenvalue weighted by Gasteiger charge is 2.33. The standard InChI is InChI=1S/C24H22ClF3N2O4S.CH2O/c1-3-22(35(33,34)17-6-4-5-14(2)11-17)23(32)30-19-13-21(31)20(12-18(19)25)29-16-9-7-15(8-10-16)24(26,27)28;1-2/h4-13,22,29,31H,3H2,1-2H3,(H,30,32);1H2. The zero-order valence-corrected chi connectivity index (χ0v) is 21.3. The topological polar surface area (TPSA) is 113 Å². The number of phenols is 1. The molecular weight excluding hydrogens is 533 g/mol. The SMILES string of the molecule is C=O.CCC(C(=O)Nc1cc(O)c(Nc2ccc(C(F)(F)F)cc2)cc1Cl)S(=O)(=O)c1cccc(C)c1. The lowest BCUT2D eigenvalue weighted by molar-refractivity contribution is -0.137. The van der Waals surface area contributed by atoms with Gasteiger partial charge in [-0.2, -0.15) is 13.2 Å². The first-order chi connectivity index (χ1) is 17.3. The number of alkyl halides is 3. The second-order valence-electron chi connectivity index (χ2n) is 7.80. The molecule has 0 heterocycles. The van der Waals surface area contributed by atoms with E-state index in [2.05, 4.69) is 10.6 Å². The molecule has 0 aliphatic carbocycles. The molecule has 3 aromatic carbocycles. The summed E-state index contributed by atoms with van der Waals surface area (Å²) in [5, 5.41) is 14.1. The second-order valence-corrected chi connectivity index (χ2v) is 10.3. The van der Waals surface area contributed by atoms with Crippen LogP contribution in [0.2, 0.25) is 5.02 Å². The zero-order valence-electron chi connectivity index (χ0n) is 19.8. The van der Waals surface area contributed by atoms with Gasteiger partial charge < -0.3 is 20.5 Å². The summed E-state index contributed by atoms with van der Waals surface area (Å²) in [5.74, 6) is -1.18. The minimum atomic E-state index is -4.48. The molecule has 0 aliphatic heterocycles. The molecule has 1 amide bonds. The number of halogens is 4. The first-order valence-electron chi connectivity index (χ1n) is 10.7. The van der Waals surface area contributed by atoms with Crippen LogP contribution in [0.4, 0.5) is 30.2 Å².